The highest BCUT2D eigenvalue weighted by Crippen LogP contribution is 2.42. The summed E-state index contributed by atoms with van der Waals surface area (Å²) in [5.41, 5.74) is 11.5. The topological polar surface area (TPSA) is 94.6 Å². The number of phenolic OH excluding ortho intramolecular Hbond substituents is 2. The molecule has 0 bridgehead atoms. The predicted octanol–water partition coefficient (Wildman–Crippen LogP) is 13.2. The number of imidazole rings is 2. The molecule has 2 aromatic heterocycles. The summed E-state index contributed by atoms with van der Waals surface area (Å²) in [6, 6.07) is 72.0. The third-order valence-corrected chi connectivity index (χ3v) is 10.8. The Morgan fingerprint density at radius 1 is 0.344 bits per heavy atom. The van der Waals surface area contributed by atoms with E-state index in [-0.39, 0.29) is 11.5 Å². The molecule has 64 heavy (non-hydrogen) atoms. The van der Waals surface area contributed by atoms with Gasteiger partial charge >= 0.3 is 0 Å². The number of methoxy groups -OCH3 is 2. The van der Waals surface area contributed by atoms with Crippen molar-refractivity contribution in [1.82, 2.24) is 19.1 Å². The van der Waals surface area contributed by atoms with Crippen LogP contribution in [0, 0.1) is 0 Å². The van der Waals surface area contributed by atoms with E-state index in [0.717, 1.165) is 79.2 Å². The zero-order chi connectivity index (χ0) is 43.8. The van der Waals surface area contributed by atoms with Gasteiger partial charge in [-0.25, -0.2) is 9.97 Å². The van der Waals surface area contributed by atoms with Crippen LogP contribution in [0.1, 0.15) is 0 Å². The molecule has 312 valence electrons. The van der Waals surface area contributed by atoms with E-state index in [9.17, 15) is 10.2 Å². The fourth-order valence-electron chi connectivity index (χ4n) is 7.86. The molecule has 8 aromatic carbocycles. The van der Waals surface area contributed by atoms with Crippen molar-refractivity contribution in [2.45, 2.75) is 0 Å². The monoisotopic (exact) mass is 836 g/mol. The highest BCUT2D eigenvalue weighted by molar-refractivity contribution is 5.86. The summed E-state index contributed by atoms with van der Waals surface area (Å²) < 4.78 is 14.8. The van der Waals surface area contributed by atoms with Gasteiger partial charge < -0.3 is 19.7 Å². The molecular weight excluding hydrogens is 793 g/mol. The lowest BCUT2D eigenvalue weighted by molar-refractivity contribution is 0.373. The molecule has 0 saturated heterocycles. The average molecular weight is 837 g/mol. The molecular formula is C56H44N4O4. The first kappa shape index (κ1) is 40.8. The van der Waals surface area contributed by atoms with Crippen molar-refractivity contribution in [2.75, 3.05) is 14.2 Å². The van der Waals surface area contributed by atoms with Crippen molar-refractivity contribution in [1.29, 1.82) is 0 Å². The van der Waals surface area contributed by atoms with Crippen LogP contribution in [-0.2, 0) is 0 Å². The molecule has 0 amide bonds. The number of nitrogens with zero attached hydrogens (tertiary/aromatic N) is 4. The summed E-state index contributed by atoms with van der Waals surface area (Å²) in [5.74, 6) is 2.50. The van der Waals surface area contributed by atoms with Crippen molar-refractivity contribution < 1.29 is 19.7 Å². The van der Waals surface area contributed by atoms with Crippen LogP contribution in [0.3, 0.4) is 0 Å². The second-order valence-corrected chi connectivity index (χ2v) is 14.8. The normalized spacial score (nSPS) is 10.8. The summed E-state index contributed by atoms with van der Waals surface area (Å²) >= 11 is 0. The van der Waals surface area contributed by atoms with E-state index in [1.165, 1.54) is 0 Å². The van der Waals surface area contributed by atoms with Gasteiger partial charge in [0, 0.05) is 44.8 Å². The van der Waals surface area contributed by atoms with Crippen molar-refractivity contribution in [3.63, 3.8) is 0 Å². The van der Waals surface area contributed by atoms with Gasteiger partial charge in [-0.15, -0.1) is 0 Å². The van der Waals surface area contributed by atoms with Crippen LogP contribution < -0.4 is 9.47 Å². The zero-order valence-corrected chi connectivity index (χ0v) is 35.3. The Hall–Kier alpha value is -8.62. The van der Waals surface area contributed by atoms with Crippen LogP contribution >= 0.6 is 0 Å². The Morgan fingerprint density at radius 3 is 0.938 bits per heavy atom. The van der Waals surface area contributed by atoms with Gasteiger partial charge in [-0.2, -0.15) is 0 Å². The molecule has 10 rings (SSSR count). The minimum Gasteiger partial charge on any atom is -0.504 e. The van der Waals surface area contributed by atoms with Gasteiger partial charge in [0.2, 0.25) is 0 Å². The molecule has 2 heterocycles. The SMILES string of the molecule is COc1ccc(-c2nc(-c3ccccc3)c(-c3ccccc3)n2-c2ccccc2)cc1O.COc1ccc(-c2nc(-c3ccccc3)c(-c3ccccc3)n2-c2ccccc2)cc1O. The van der Waals surface area contributed by atoms with E-state index in [2.05, 4.69) is 81.9 Å². The Bertz CT molecular complexity index is 2900. The second-order valence-electron chi connectivity index (χ2n) is 14.8. The molecule has 0 spiro atoms. The van der Waals surface area contributed by atoms with Crippen LogP contribution in [0.4, 0.5) is 0 Å². The highest BCUT2D eigenvalue weighted by atomic mass is 16.5. The third-order valence-electron chi connectivity index (χ3n) is 10.8. The van der Waals surface area contributed by atoms with Gasteiger partial charge in [0.25, 0.3) is 0 Å². The third kappa shape index (κ3) is 8.23. The number of hydrogen-bond acceptors (Lipinski definition) is 6. The summed E-state index contributed by atoms with van der Waals surface area (Å²) in [6.07, 6.45) is 0. The largest absolute Gasteiger partial charge is 0.504 e. The first-order valence-electron chi connectivity index (χ1n) is 20.8. The minimum atomic E-state index is 0.0788. The number of hydrogen-bond donors (Lipinski definition) is 2. The van der Waals surface area contributed by atoms with Gasteiger partial charge in [0.05, 0.1) is 37.0 Å². The molecule has 0 aliphatic rings. The minimum absolute atomic E-state index is 0.0788. The number of ether oxygens (including phenoxy) is 2. The van der Waals surface area contributed by atoms with E-state index in [0.29, 0.717) is 11.5 Å². The highest BCUT2D eigenvalue weighted by Gasteiger charge is 2.24. The lowest BCUT2D eigenvalue weighted by Crippen LogP contribution is -2.00. The molecule has 0 aliphatic heterocycles. The van der Waals surface area contributed by atoms with Crippen LogP contribution in [-0.4, -0.2) is 43.5 Å². The van der Waals surface area contributed by atoms with Gasteiger partial charge in [0.15, 0.2) is 23.0 Å². The van der Waals surface area contributed by atoms with E-state index in [1.54, 1.807) is 38.5 Å². The van der Waals surface area contributed by atoms with Crippen LogP contribution in [0.2, 0.25) is 0 Å². The lowest BCUT2D eigenvalue weighted by Gasteiger charge is -2.14. The van der Waals surface area contributed by atoms with Crippen molar-refractivity contribution >= 4 is 0 Å². The van der Waals surface area contributed by atoms with E-state index in [1.807, 2.05) is 121 Å². The summed E-state index contributed by atoms with van der Waals surface area (Å²) in [5, 5.41) is 20.9. The Kier molecular flexibility index (Phi) is 11.8. The van der Waals surface area contributed by atoms with Crippen molar-refractivity contribution in [2.24, 2.45) is 0 Å². The first-order valence-corrected chi connectivity index (χ1v) is 20.8. The van der Waals surface area contributed by atoms with Gasteiger partial charge in [0.1, 0.15) is 11.6 Å². The van der Waals surface area contributed by atoms with Gasteiger partial charge in [-0.05, 0) is 60.7 Å². The maximum atomic E-state index is 10.5. The number of benzene rings is 8. The van der Waals surface area contributed by atoms with Crippen LogP contribution in [0.25, 0.3) is 79.2 Å². The number of phenols is 2. The molecule has 10 aromatic rings. The van der Waals surface area contributed by atoms with E-state index < -0.39 is 0 Å². The molecule has 0 aliphatic carbocycles. The van der Waals surface area contributed by atoms with E-state index >= 15 is 0 Å². The van der Waals surface area contributed by atoms with Gasteiger partial charge in [-0.1, -0.05) is 158 Å². The number of rotatable bonds is 10. The van der Waals surface area contributed by atoms with Crippen LogP contribution in [0.15, 0.2) is 218 Å². The molecule has 8 heteroatoms. The zero-order valence-electron chi connectivity index (χ0n) is 35.3. The summed E-state index contributed by atoms with van der Waals surface area (Å²) in [7, 11) is 3.08. The molecule has 8 nitrogen and oxygen atoms in total. The fourth-order valence-corrected chi connectivity index (χ4v) is 7.86. The summed E-state index contributed by atoms with van der Waals surface area (Å²) in [6.45, 7) is 0. The van der Waals surface area contributed by atoms with Crippen molar-refractivity contribution in [3.05, 3.63) is 218 Å². The average Bonchev–Trinajstić information content (AvgIpc) is 3.97. The fraction of sp³-hybridized carbons (Fsp3) is 0.0357. The van der Waals surface area contributed by atoms with E-state index in [4.69, 9.17) is 19.4 Å². The number of para-hydroxylation sites is 2. The maximum absolute atomic E-state index is 10.5. The van der Waals surface area contributed by atoms with Gasteiger partial charge in [-0.3, -0.25) is 9.13 Å². The molecule has 0 atom stereocenters. The standard InChI is InChI=1S/2C28H22N2O2/c2*1-32-25-18-17-22(19-24(25)31)28-29-26(20-11-5-2-6-12-20)27(21-13-7-3-8-14-21)30(28)23-15-9-4-10-16-23/h2*2-19,31H,1H3. The Morgan fingerprint density at radius 2 is 0.641 bits per heavy atom. The Labute approximate surface area is 372 Å². The van der Waals surface area contributed by atoms with Crippen molar-refractivity contribution in [3.8, 4) is 102 Å². The molecule has 2 N–H and O–H groups in total. The predicted molar refractivity (Wildman–Crippen MR) is 256 cm³/mol. The molecule has 0 radical (unpaired) electrons. The Balaban J connectivity index is 0.000000162. The molecule has 0 fully saturated rings. The molecule has 0 unspecified atom stereocenters. The molecule has 0 saturated carbocycles. The second kappa shape index (κ2) is 18.6. The maximum Gasteiger partial charge on any atom is 0.160 e. The lowest BCUT2D eigenvalue weighted by atomic mass is 10.0. The summed E-state index contributed by atoms with van der Waals surface area (Å²) in [4.78, 5) is 10.2. The quantitative estimate of drug-likeness (QED) is 0.142. The first-order chi connectivity index (χ1) is 31.5. The number of aromatic nitrogens is 4. The van der Waals surface area contributed by atoms with Crippen LogP contribution in [0.5, 0.6) is 23.0 Å². The smallest absolute Gasteiger partial charge is 0.160 e. The number of aromatic hydroxyl groups is 2.